The van der Waals surface area contributed by atoms with Crippen LogP contribution in [0.1, 0.15) is 17.5 Å². The molecule has 0 amide bonds. The summed E-state index contributed by atoms with van der Waals surface area (Å²) in [5.41, 5.74) is 4.24. The van der Waals surface area contributed by atoms with E-state index in [0.29, 0.717) is 0 Å². The van der Waals surface area contributed by atoms with Gasteiger partial charge in [-0.3, -0.25) is 9.88 Å². The highest BCUT2D eigenvalue weighted by atomic mass is 35.5. The second-order valence-electron chi connectivity index (χ2n) is 6.07. The number of pyridine rings is 1. The van der Waals surface area contributed by atoms with E-state index in [2.05, 4.69) is 33.4 Å². The van der Waals surface area contributed by atoms with Crippen LogP contribution in [0.3, 0.4) is 0 Å². The first-order valence-electron chi connectivity index (χ1n) is 8.02. The van der Waals surface area contributed by atoms with Crippen molar-refractivity contribution in [1.29, 1.82) is 0 Å². The van der Waals surface area contributed by atoms with Gasteiger partial charge in [0.1, 0.15) is 11.9 Å². The number of aromatic nitrogens is 1. The van der Waals surface area contributed by atoms with Crippen molar-refractivity contribution < 1.29 is 4.74 Å². The Balaban J connectivity index is 0.00000156. The molecule has 3 heterocycles. The lowest BCUT2D eigenvalue weighted by molar-refractivity contribution is 0.198. The molecular weight excluding hydrogens is 310 g/mol. The number of nitrogens with zero attached hydrogens (tertiary/aromatic N) is 2. The Bertz CT molecular complexity index is 650. The van der Waals surface area contributed by atoms with Gasteiger partial charge in [0.15, 0.2) is 0 Å². The van der Waals surface area contributed by atoms with Crippen molar-refractivity contribution in [2.24, 2.45) is 0 Å². The zero-order valence-corrected chi connectivity index (χ0v) is 13.9. The van der Waals surface area contributed by atoms with Crippen LogP contribution >= 0.6 is 12.4 Å². The minimum Gasteiger partial charge on any atom is -0.489 e. The Labute approximate surface area is 143 Å². The number of likely N-dealkylation sites (tertiary alicyclic amines) is 1. The molecule has 2 aliphatic heterocycles. The molecule has 0 bridgehead atoms. The SMILES string of the molecule is Cl.c1cc2c(c(CN3CC[C@@H](Oc4ccncc4)C3)c1)NCC2. The molecule has 0 saturated carbocycles. The molecule has 0 radical (unpaired) electrons. The highest BCUT2D eigenvalue weighted by Gasteiger charge is 2.25. The van der Waals surface area contributed by atoms with Crippen LogP contribution in [0.25, 0.3) is 0 Å². The number of anilines is 1. The Morgan fingerprint density at radius 1 is 1.22 bits per heavy atom. The molecule has 2 aromatic rings. The molecule has 1 aromatic heterocycles. The van der Waals surface area contributed by atoms with E-state index >= 15 is 0 Å². The molecule has 1 saturated heterocycles. The summed E-state index contributed by atoms with van der Waals surface area (Å²) in [5.74, 6) is 0.920. The molecule has 0 aliphatic carbocycles. The summed E-state index contributed by atoms with van der Waals surface area (Å²) in [7, 11) is 0. The van der Waals surface area contributed by atoms with E-state index in [-0.39, 0.29) is 18.5 Å². The van der Waals surface area contributed by atoms with Crippen LogP contribution in [0.4, 0.5) is 5.69 Å². The van der Waals surface area contributed by atoms with Crippen molar-refractivity contribution in [2.75, 3.05) is 25.0 Å². The number of nitrogens with one attached hydrogen (secondary N) is 1. The van der Waals surface area contributed by atoms with Gasteiger partial charge in [-0.25, -0.2) is 0 Å². The largest absolute Gasteiger partial charge is 0.489 e. The molecule has 23 heavy (non-hydrogen) atoms. The van der Waals surface area contributed by atoms with Gasteiger partial charge in [-0.05, 0) is 36.1 Å². The number of fused-ring (bicyclic) bond motifs is 1. The first kappa shape index (κ1) is 16.1. The zero-order valence-electron chi connectivity index (χ0n) is 13.1. The van der Waals surface area contributed by atoms with Crippen LogP contribution in [0.15, 0.2) is 42.7 Å². The highest BCUT2D eigenvalue weighted by molar-refractivity contribution is 5.85. The first-order chi connectivity index (χ1) is 10.9. The lowest BCUT2D eigenvalue weighted by Crippen LogP contribution is -2.24. The maximum atomic E-state index is 6.04. The fraction of sp³-hybridized carbons (Fsp3) is 0.389. The van der Waals surface area contributed by atoms with Crippen LogP contribution < -0.4 is 10.1 Å². The summed E-state index contributed by atoms with van der Waals surface area (Å²) >= 11 is 0. The summed E-state index contributed by atoms with van der Waals surface area (Å²) in [6.07, 6.45) is 6.08. The smallest absolute Gasteiger partial charge is 0.122 e. The van der Waals surface area contributed by atoms with Gasteiger partial charge in [0.2, 0.25) is 0 Å². The zero-order chi connectivity index (χ0) is 14.8. The molecule has 0 spiro atoms. The van der Waals surface area contributed by atoms with Crippen molar-refractivity contribution in [2.45, 2.75) is 25.5 Å². The Morgan fingerprint density at radius 2 is 2.09 bits per heavy atom. The third-order valence-corrected chi connectivity index (χ3v) is 4.51. The van der Waals surface area contributed by atoms with Gasteiger partial charge in [0.25, 0.3) is 0 Å². The highest BCUT2D eigenvalue weighted by Crippen LogP contribution is 2.28. The molecule has 4 nitrogen and oxygen atoms in total. The van der Waals surface area contributed by atoms with Gasteiger partial charge in [-0.15, -0.1) is 12.4 Å². The predicted molar refractivity (Wildman–Crippen MR) is 94.4 cm³/mol. The van der Waals surface area contributed by atoms with Crippen molar-refractivity contribution in [3.63, 3.8) is 0 Å². The summed E-state index contributed by atoms with van der Waals surface area (Å²) in [6.45, 7) is 4.16. The van der Waals surface area contributed by atoms with Crippen molar-refractivity contribution in [3.05, 3.63) is 53.9 Å². The fourth-order valence-electron chi connectivity index (χ4n) is 3.43. The molecule has 2 aliphatic rings. The Morgan fingerprint density at radius 3 is 2.96 bits per heavy atom. The molecule has 122 valence electrons. The van der Waals surface area contributed by atoms with E-state index in [9.17, 15) is 0 Å². The van der Waals surface area contributed by atoms with E-state index in [0.717, 1.165) is 44.8 Å². The number of halogens is 1. The normalized spacial score (nSPS) is 19.7. The molecule has 0 unspecified atom stereocenters. The third-order valence-electron chi connectivity index (χ3n) is 4.51. The van der Waals surface area contributed by atoms with Gasteiger partial charge in [0.05, 0.1) is 0 Å². The quantitative estimate of drug-likeness (QED) is 0.934. The van der Waals surface area contributed by atoms with Gasteiger partial charge in [0, 0.05) is 44.3 Å². The number of ether oxygens (including phenoxy) is 1. The van der Waals surface area contributed by atoms with Crippen LogP contribution in [-0.2, 0) is 13.0 Å². The van der Waals surface area contributed by atoms with Gasteiger partial charge in [-0.2, -0.15) is 0 Å². The topological polar surface area (TPSA) is 37.4 Å². The van der Waals surface area contributed by atoms with E-state index in [1.54, 1.807) is 12.4 Å². The maximum Gasteiger partial charge on any atom is 0.122 e. The van der Waals surface area contributed by atoms with Crippen LogP contribution in [-0.4, -0.2) is 35.6 Å². The monoisotopic (exact) mass is 331 g/mol. The lowest BCUT2D eigenvalue weighted by Gasteiger charge is -2.18. The summed E-state index contributed by atoms with van der Waals surface area (Å²) in [5, 5.41) is 3.53. The van der Waals surface area contributed by atoms with Gasteiger partial charge < -0.3 is 10.1 Å². The van der Waals surface area contributed by atoms with E-state index in [1.807, 2.05) is 12.1 Å². The van der Waals surface area contributed by atoms with E-state index in [4.69, 9.17) is 4.74 Å². The molecule has 4 rings (SSSR count). The van der Waals surface area contributed by atoms with Crippen molar-refractivity contribution in [3.8, 4) is 5.75 Å². The second kappa shape index (κ2) is 7.20. The summed E-state index contributed by atoms with van der Waals surface area (Å²) in [4.78, 5) is 6.51. The average Bonchev–Trinajstić information content (AvgIpc) is 3.18. The number of benzene rings is 1. The molecule has 1 fully saturated rings. The molecule has 5 heteroatoms. The van der Waals surface area contributed by atoms with Gasteiger partial charge in [-0.1, -0.05) is 18.2 Å². The molecular formula is C18H22ClN3O. The Hall–Kier alpha value is -1.78. The predicted octanol–water partition coefficient (Wildman–Crippen LogP) is 3.12. The number of rotatable bonds is 4. The first-order valence-corrected chi connectivity index (χ1v) is 8.02. The standard InChI is InChI=1S/C18H21N3O.ClH/c1-2-14-4-10-20-18(14)15(3-1)12-21-11-7-17(13-21)22-16-5-8-19-9-6-16;/h1-3,5-6,8-9,17,20H,4,7,10-13H2;1H/t17-;/m1./s1. The second-order valence-corrected chi connectivity index (χ2v) is 6.07. The van der Waals surface area contributed by atoms with Crippen LogP contribution in [0, 0.1) is 0 Å². The van der Waals surface area contributed by atoms with Crippen LogP contribution in [0.2, 0.25) is 0 Å². The minimum absolute atomic E-state index is 0. The summed E-state index contributed by atoms with van der Waals surface area (Å²) in [6, 6.07) is 10.5. The molecule has 1 aromatic carbocycles. The summed E-state index contributed by atoms with van der Waals surface area (Å²) < 4.78 is 6.04. The van der Waals surface area contributed by atoms with E-state index in [1.165, 1.54) is 16.8 Å². The number of para-hydroxylation sites is 1. The van der Waals surface area contributed by atoms with Crippen molar-refractivity contribution in [1.82, 2.24) is 9.88 Å². The molecule has 1 N–H and O–H groups in total. The fourth-order valence-corrected chi connectivity index (χ4v) is 3.43. The lowest BCUT2D eigenvalue weighted by atomic mass is 10.1. The number of hydrogen-bond donors (Lipinski definition) is 1. The van der Waals surface area contributed by atoms with Gasteiger partial charge >= 0.3 is 0 Å². The minimum atomic E-state index is 0. The average molecular weight is 332 g/mol. The number of hydrogen-bond acceptors (Lipinski definition) is 4. The third kappa shape index (κ3) is 3.59. The van der Waals surface area contributed by atoms with Crippen LogP contribution in [0.5, 0.6) is 5.75 Å². The molecule has 1 atom stereocenters. The Kier molecular flexibility index (Phi) is 5.03. The maximum absolute atomic E-state index is 6.04. The van der Waals surface area contributed by atoms with E-state index < -0.39 is 0 Å². The van der Waals surface area contributed by atoms with Crippen molar-refractivity contribution >= 4 is 18.1 Å².